The van der Waals surface area contributed by atoms with Crippen molar-refractivity contribution in [2.75, 3.05) is 18.5 Å². The molecule has 0 spiro atoms. The van der Waals surface area contributed by atoms with Crippen LogP contribution in [0.3, 0.4) is 0 Å². The number of aromatic nitrogens is 2. The Hall–Kier alpha value is -2.15. The van der Waals surface area contributed by atoms with Crippen molar-refractivity contribution < 1.29 is 13.9 Å². The molecular formula is C17H22N4O3. The highest BCUT2D eigenvalue weighted by atomic mass is 16.5. The zero-order chi connectivity index (χ0) is 16.9. The number of fused-ring (bicyclic) bond motifs is 1. The quantitative estimate of drug-likeness (QED) is 0.895. The van der Waals surface area contributed by atoms with Crippen molar-refractivity contribution in [1.29, 1.82) is 0 Å². The van der Waals surface area contributed by atoms with Gasteiger partial charge in [0.15, 0.2) is 0 Å². The van der Waals surface area contributed by atoms with E-state index >= 15 is 0 Å². The first-order chi connectivity index (χ1) is 11.4. The normalized spacial score (nSPS) is 25.0. The van der Waals surface area contributed by atoms with Gasteiger partial charge < -0.3 is 19.8 Å². The van der Waals surface area contributed by atoms with Crippen LogP contribution in [0.4, 0.5) is 5.82 Å². The second-order valence-corrected chi connectivity index (χ2v) is 7.45. The molecule has 1 aliphatic heterocycles. The van der Waals surface area contributed by atoms with Crippen molar-refractivity contribution in [3.63, 3.8) is 0 Å². The molecule has 1 aliphatic carbocycles. The molecule has 2 N–H and O–H groups in total. The maximum atomic E-state index is 12.8. The molecular weight excluding hydrogens is 308 g/mol. The summed E-state index contributed by atoms with van der Waals surface area (Å²) >= 11 is 0. The number of anilines is 1. The SMILES string of the molecule is Cc1nc(NC2(C)CC2)c2c(C(=O)NC3(C)CCOC3)coc2n1. The summed E-state index contributed by atoms with van der Waals surface area (Å²) in [5.41, 5.74) is 0.601. The number of nitrogens with zero attached hydrogens (tertiary/aromatic N) is 2. The Morgan fingerprint density at radius 1 is 1.21 bits per heavy atom. The van der Waals surface area contributed by atoms with Gasteiger partial charge in [-0.3, -0.25) is 4.79 Å². The predicted octanol–water partition coefficient (Wildman–Crippen LogP) is 2.40. The molecule has 1 unspecified atom stereocenters. The number of hydrogen-bond acceptors (Lipinski definition) is 6. The van der Waals surface area contributed by atoms with Crippen LogP contribution in [0.5, 0.6) is 0 Å². The van der Waals surface area contributed by atoms with E-state index in [1.807, 2.05) is 13.8 Å². The van der Waals surface area contributed by atoms with Gasteiger partial charge >= 0.3 is 0 Å². The van der Waals surface area contributed by atoms with Crippen LogP contribution in [-0.2, 0) is 4.74 Å². The number of amides is 1. The molecule has 2 fully saturated rings. The van der Waals surface area contributed by atoms with Crippen LogP contribution >= 0.6 is 0 Å². The highest BCUT2D eigenvalue weighted by molar-refractivity contribution is 6.09. The van der Waals surface area contributed by atoms with Crippen LogP contribution in [0.1, 0.15) is 49.3 Å². The van der Waals surface area contributed by atoms with Gasteiger partial charge in [-0.1, -0.05) is 0 Å². The molecule has 128 valence electrons. The Labute approximate surface area is 140 Å². The van der Waals surface area contributed by atoms with Crippen molar-refractivity contribution in [3.8, 4) is 0 Å². The van der Waals surface area contributed by atoms with Crippen molar-refractivity contribution in [1.82, 2.24) is 15.3 Å². The van der Waals surface area contributed by atoms with Gasteiger partial charge in [-0.25, -0.2) is 4.98 Å². The van der Waals surface area contributed by atoms with Gasteiger partial charge in [0, 0.05) is 12.1 Å². The van der Waals surface area contributed by atoms with Crippen molar-refractivity contribution in [3.05, 3.63) is 17.7 Å². The number of rotatable bonds is 4. The van der Waals surface area contributed by atoms with Crippen molar-refractivity contribution in [2.45, 2.75) is 51.1 Å². The van der Waals surface area contributed by atoms with Gasteiger partial charge in [-0.05, 0) is 40.0 Å². The Bertz CT molecular complexity index is 804. The topological polar surface area (TPSA) is 89.3 Å². The largest absolute Gasteiger partial charge is 0.445 e. The van der Waals surface area contributed by atoms with Crippen LogP contribution in [0.25, 0.3) is 11.1 Å². The molecule has 0 radical (unpaired) electrons. The van der Waals surface area contributed by atoms with Crippen molar-refractivity contribution >= 4 is 22.8 Å². The van der Waals surface area contributed by atoms with E-state index in [-0.39, 0.29) is 17.0 Å². The van der Waals surface area contributed by atoms with Gasteiger partial charge in [-0.15, -0.1) is 0 Å². The fourth-order valence-electron chi connectivity index (χ4n) is 3.01. The number of hydrogen-bond donors (Lipinski definition) is 2. The van der Waals surface area contributed by atoms with Crippen LogP contribution in [0, 0.1) is 6.92 Å². The van der Waals surface area contributed by atoms with E-state index in [9.17, 15) is 4.79 Å². The van der Waals surface area contributed by atoms with E-state index in [4.69, 9.17) is 9.15 Å². The molecule has 2 aliphatic rings. The summed E-state index contributed by atoms with van der Waals surface area (Å²) in [5.74, 6) is 1.11. The molecule has 1 amide bonds. The number of carbonyl (C=O) groups excluding carboxylic acids is 1. The molecule has 7 heteroatoms. The van der Waals surface area contributed by atoms with E-state index < -0.39 is 0 Å². The maximum Gasteiger partial charge on any atom is 0.255 e. The summed E-state index contributed by atoms with van der Waals surface area (Å²) in [4.78, 5) is 21.6. The Balaban J connectivity index is 1.71. The average molecular weight is 330 g/mol. The molecule has 4 rings (SSSR count). The van der Waals surface area contributed by atoms with Crippen molar-refractivity contribution in [2.24, 2.45) is 0 Å². The Morgan fingerprint density at radius 3 is 2.67 bits per heavy atom. The minimum Gasteiger partial charge on any atom is -0.445 e. The lowest BCUT2D eigenvalue weighted by molar-refractivity contribution is 0.0890. The molecule has 1 saturated carbocycles. The lowest BCUT2D eigenvalue weighted by Gasteiger charge is -2.23. The third-order valence-electron chi connectivity index (χ3n) is 4.84. The number of ether oxygens (including phenoxy) is 1. The molecule has 1 saturated heterocycles. The zero-order valence-electron chi connectivity index (χ0n) is 14.2. The van der Waals surface area contributed by atoms with Gasteiger partial charge in [0.2, 0.25) is 5.71 Å². The van der Waals surface area contributed by atoms with E-state index in [2.05, 4.69) is 27.5 Å². The molecule has 24 heavy (non-hydrogen) atoms. The maximum absolute atomic E-state index is 12.8. The molecule has 3 heterocycles. The molecule has 0 bridgehead atoms. The van der Waals surface area contributed by atoms with E-state index in [0.29, 0.717) is 41.5 Å². The van der Waals surface area contributed by atoms with E-state index in [1.165, 1.54) is 6.26 Å². The number of carbonyl (C=O) groups is 1. The summed E-state index contributed by atoms with van der Waals surface area (Å²) < 4.78 is 10.9. The number of aryl methyl sites for hydroxylation is 1. The molecule has 2 aromatic rings. The lowest BCUT2D eigenvalue weighted by Crippen LogP contribution is -2.46. The summed E-state index contributed by atoms with van der Waals surface area (Å²) in [6.45, 7) is 7.14. The molecule has 7 nitrogen and oxygen atoms in total. The standard InChI is InChI=1S/C17H22N4O3/c1-10-18-13(20-16(2)4-5-16)12-11(8-24-15(12)19-10)14(22)21-17(3)6-7-23-9-17/h8H,4-7,9H2,1-3H3,(H,21,22)(H,18,19,20). The molecule has 2 aromatic heterocycles. The second kappa shape index (κ2) is 5.17. The van der Waals surface area contributed by atoms with Crippen LogP contribution in [0.2, 0.25) is 0 Å². The third kappa shape index (κ3) is 2.73. The third-order valence-corrected chi connectivity index (χ3v) is 4.84. The van der Waals surface area contributed by atoms with Crippen LogP contribution in [-0.4, -0.2) is 40.2 Å². The summed E-state index contributed by atoms with van der Waals surface area (Å²) in [5, 5.41) is 7.15. The van der Waals surface area contributed by atoms with Gasteiger partial charge in [-0.2, -0.15) is 4.98 Å². The summed E-state index contributed by atoms with van der Waals surface area (Å²) in [7, 11) is 0. The first kappa shape index (κ1) is 15.4. The predicted molar refractivity (Wildman–Crippen MR) is 89.1 cm³/mol. The molecule has 0 aromatic carbocycles. The zero-order valence-corrected chi connectivity index (χ0v) is 14.2. The first-order valence-electron chi connectivity index (χ1n) is 8.32. The Morgan fingerprint density at radius 2 is 2.00 bits per heavy atom. The van der Waals surface area contributed by atoms with Gasteiger partial charge in [0.25, 0.3) is 5.91 Å². The fraction of sp³-hybridized carbons (Fsp3) is 0.588. The molecule has 1 atom stereocenters. The smallest absolute Gasteiger partial charge is 0.255 e. The lowest BCUT2D eigenvalue weighted by atomic mass is 10.0. The van der Waals surface area contributed by atoms with Crippen LogP contribution < -0.4 is 10.6 Å². The minimum atomic E-state index is -0.345. The minimum absolute atomic E-state index is 0.0456. The Kier molecular flexibility index (Phi) is 3.32. The highest BCUT2D eigenvalue weighted by Gasteiger charge is 2.39. The first-order valence-corrected chi connectivity index (χ1v) is 8.32. The van der Waals surface area contributed by atoms with Crippen LogP contribution in [0.15, 0.2) is 10.7 Å². The van der Waals surface area contributed by atoms with Gasteiger partial charge in [0.05, 0.1) is 23.1 Å². The van der Waals surface area contributed by atoms with E-state index in [0.717, 1.165) is 19.3 Å². The highest BCUT2D eigenvalue weighted by Crippen LogP contribution is 2.40. The average Bonchev–Trinajstić information content (AvgIpc) is 2.92. The monoisotopic (exact) mass is 330 g/mol. The number of nitrogens with one attached hydrogen (secondary N) is 2. The fourth-order valence-corrected chi connectivity index (χ4v) is 3.01. The second-order valence-electron chi connectivity index (χ2n) is 7.45. The number of furan rings is 1. The van der Waals surface area contributed by atoms with E-state index in [1.54, 1.807) is 0 Å². The summed E-state index contributed by atoms with van der Waals surface area (Å²) in [6, 6.07) is 0. The summed E-state index contributed by atoms with van der Waals surface area (Å²) in [6.07, 6.45) is 4.44. The van der Waals surface area contributed by atoms with Gasteiger partial charge in [0.1, 0.15) is 17.9 Å².